The van der Waals surface area contributed by atoms with E-state index in [0.717, 1.165) is 0 Å². The molecule has 2 N–H and O–H groups in total. The second kappa shape index (κ2) is 5.04. The molecule has 0 spiro atoms. The van der Waals surface area contributed by atoms with Crippen molar-refractivity contribution >= 4 is 21.6 Å². The number of rotatable bonds is 3. The van der Waals surface area contributed by atoms with Crippen molar-refractivity contribution in [2.24, 2.45) is 5.92 Å². The lowest BCUT2D eigenvalue weighted by Crippen LogP contribution is -2.09. The van der Waals surface area contributed by atoms with E-state index in [1.54, 1.807) is 0 Å². The third-order valence-corrected chi connectivity index (χ3v) is 3.56. The Morgan fingerprint density at radius 2 is 2.06 bits per heavy atom. The number of benzene rings is 1. The van der Waals surface area contributed by atoms with Gasteiger partial charge >= 0.3 is 0 Å². The average Bonchev–Trinajstić information content (AvgIpc) is 2.68. The minimum atomic E-state index is -0.349. The van der Waals surface area contributed by atoms with Crippen molar-refractivity contribution in [2.45, 2.75) is 25.7 Å². The van der Waals surface area contributed by atoms with Gasteiger partial charge in [0.05, 0.1) is 16.8 Å². The van der Waals surface area contributed by atoms with Crippen LogP contribution in [0.15, 0.2) is 16.6 Å². The zero-order chi connectivity index (χ0) is 11.5. The second-order valence-electron chi connectivity index (χ2n) is 4.27. The van der Waals surface area contributed by atoms with Gasteiger partial charge in [-0.15, -0.1) is 0 Å². The molecule has 16 heavy (non-hydrogen) atoms. The Morgan fingerprint density at radius 3 is 2.69 bits per heavy atom. The number of nitrogen functional groups attached to an aromatic ring is 1. The van der Waals surface area contributed by atoms with Gasteiger partial charge in [-0.25, -0.2) is 4.39 Å². The number of hydrogen-bond donors (Lipinski definition) is 1. The molecule has 1 fully saturated rings. The van der Waals surface area contributed by atoms with Gasteiger partial charge in [0.25, 0.3) is 0 Å². The highest BCUT2D eigenvalue weighted by molar-refractivity contribution is 9.10. The van der Waals surface area contributed by atoms with Gasteiger partial charge in [-0.05, 0) is 40.8 Å². The van der Waals surface area contributed by atoms with Crippen LogP contribution in [0.4, 0.5) is 10.1 Å². The van der Waals surface area contributed by atoms with Gasteiger partial charge in [-0.2, -0.15) is 0 Å². The van der Waals surface area contributed by atoms with Crippen molar-refractivity contribution < 1.29 is 9.13 Å². The Hall–Kier alpha value is -0.770. The first-order valence-electron chi connectivity index (χ1n) is 5.54. The molecule has 0 aliphatic heterocycles. The minimum absolute atomic E-state index is 0.349. The lowest BCUT2D eigenvalue weighted by molar-refractivity contribution is 0.252. The summed E-state index contributed by atoms with van der Waals surface area (Å²) in [5.41, 5.74) is 6.06. The van der Waals surface area contributed by atoms with Gasteiger partial charge < -0.3 is 10.5 Å². The van der Waals surface area contributed by atoms with E-state index in [1.165, 1.54) is 37.8 Å². The van der Waals surface area contributed by atoms with Crippen molar-refractivity contribution in [1.29, 1.82) is 0 Å². The van der Waals surface area contributed by atoms with Crippen LogP contribution in [0, 0.1) is 11.7 Å². The lowest BCUT2D eigenvalue weighted by Gasteiger charge is -2.14. The zero-order valence-corrected chi connectivity index (χ0v) is 10.6. The SMILES string of the molecule is Nc1cc(F)cc(Br)c1OCC1CCCC1. The smallest absolute Gasteiger partial charge is 0.156 e. The molecule has 0 heterocycles. The number of ether oxygens (including phenoxy) is 1. The van der Waals surface area contributed by atoms with Crippen LogP contribution >= 0.6 is 15.9 Å². The molecule has 0 saturated heterocycles. The topological polar surface area (TPSA) is 35.2 Å². The Labute approximate surface area is 103 Å². The maximum absolute atomic E-state index is 13.0. The Morgan fingerprint density at radius 1 is 1.38 bits per heavy atom. The molecular formula is C12H15BrFNO. The van der Waals surface area contributed by atoms with Crippen LogP contribution in [0.1, 0.15) is 25.7 Å². The van der Waals surface area contributed by atoms with Crippen LogP contribution in [0.5, 0.6) is 5.75 Å². The van der Waals surface area contributed by atoms with Crippen LogP contribution < -0.4 is 10.5 Å². The molecular weight excluding hydrogens is 273 g/mol. The molecule has 1 saturated carbocycles. The minimum Gasteiger partial charge on any atom is -0.490 e. The van der Waals surface area contributed by atoms with E-state index in [9.17, 15) is 4.39 Å². The summed E-state index contributed by atoms with van der Waals surface area (Å²) in [7, 11) is 0. The molecule has 4 heteroatoms. The van der Waals surface area contributed by atoms with Gasteiger partial charge in [0, 0.05) is 6.07 Å². The van der Waals surface area contributed by atoms with Crippen LogP contribution in [0.3, 0.4) is 0 Å². The van der Waals surface area contributed by atoms with E-state index < -0.39 is 0 Å². The van der Waals surface area contributed by atoms with E-state index in [2.05, 4.69) is 15.9 Å². The van der Waals surface area contributed by atoms with E-state index >= 15 is 0 Å². The second-order valence-corrected chi connectivity index (χ2v) is 5.12. The summed E-state index contributed by atoms with van der Waals surface area (Å²) in [6.07, 6.45) is 5.01. The van der Waals surface area contributed by atoms with Crippen molar-refractivity contribution in [3.63, 3.8) is 0 Å². The van der Waals surface area contributed by atoms with Crippen molar-refractivity contribution in [1.82, 2.24) is 0 Å². The van der Waals surface area contributed by atoms with Gasteiger partial charge in [0.2, 0.25) is 0 Å². The first-order valence-corrected chi connectivity index (χ1v) is 6.33. The Kier molecular flexibility index (Phi) is 3.69. The predicted octanol–water partition coefficient (Wildman–Crippen LogP) is 3.74. The Balaban J connectivity index is 2.03. The van der Waals surface area contributed by atoms with E-state index in [1.807, 2.05) is 0 Å². The van der Waals surface area contributed by atoms with Crippen molar-refractivity contribution in [2.75, 3.05) is 12.3 Å². The molecule has 0 amide bonds. The van der Waals surface area contributed by atoms with E-state index in [-0.39, 0.29) is 5.82 Å². The summed E-state index contributed by atoms with van der Waals surface area (Å²) in [6.45, 7) is 0.675. The molecule has 0 radical (unpaired) electrons. The fourth-order valence-electron chi connectivity index (χ4n) is 2.11. The number of nitrogens with two attached hydrogens (primary N) is 1. The first-order chi connectivity index (χ1) is 7.66. The van der Waals surface area contributed by atoms with Crippen LogP contribution in [-0.2, 0) is 0 Å². The van der Waals surface area contributed by atoms with Crippen LogP contribution in [0.25, 0.3) is 0 Å². The molecule has 88 valence electrons. The highest BCUT2D eigenvalue weighted by Gasteiger charge is 2.17. The maximum Gasteiger partial charge on any atom is 0.156 e. The van der Waals surface area contributed by atoms with Gasteiger partial charge in [-0.3, -0.25) is 0 Å². The summed E-state index contributed by atoms with van der Waals surface area (Å²) in [5.74, 6) is 0.835. The fourth-order valence-corrected chi connectivity index (χ4v) is 2.67. The lowest BCUT2D eigenvalue weighted by atomic mass is 10.1. The molecule has 1 aliphatic rings. The van der Waals surface area contributed by atoms with Gasteiger partial charge in [0.15, 0.2) is 5.75 Å². The van der Waals surface area contributed by atoms with Crippen LogP contribution in [0.2, 0.25) is 0 Å². The number of hydrogen-bond acceptors (Lipinski definition) is 2. The van der Waals surface area contributed by atoms with E-state index in [4.69, 9.17) is 10.5 Å². The highest BCUT2D eigenvalue weighted by Crippen LogP contribution is 2.34. The molecule has 0 unspecified atom stereocenters. The Bertz CT molecular complexity index is 354. The maximum atomic E-state index is 13.0. The molecule has 0 atom stereocenters. The summed E-state index contributed by atoms with van der Waals surface area (Å²) < 4.78 is 19.2. The highest BCUT2D eigenvalue weighted by atomic mass is 79.9. The van der Waals surface area contributed by atoms with Crippen molar-refractivity contribution in [3.8, 4) is 5.75 Å². The molecule has 2 nitrogen and oxygen atoms in total. The molecule has 0 aromatic heterocycles. The monoisotopic (exact) mass is 287 g/mol. The molecule has 1 aromatic rings. The summed E-state index contributed by atoms with van der Waals surface area (Å²) in [4.78, 5) is 0. The fraction of sp³-hybridized carbons (Fsp3) is 0.500. The molecule has 2 rings (SSSR count). The third kappa shape index (κ3) is 2.67. The van der Waals surface area contributed by atoms with E-state index in [0.29, 0.717) is 28.4 Å². The third-order valence-electron chi connectivity index (χ3n) is 2.98. The summed E-state index contributed by atoms with van der Waals surface area (Å²) >= 11 is 3.26. The standard InChI is InChI=1S/C12H15BrFNO/c13-10-5-9(14)6-11(15)12(10)16-7-8-3-1-2-4-8/h5-6,8H,1-4,7,15H2. The van der Waals surface area contributed by atoms with Gasteiger partial charge in [-0.1, -0.05) is 12.8 Å². The number of halogens is 2. The zero-order valence-electron chi connectivity index (χ0n) is 9.01. The van der Waals surface area contributed by atoms with Gasteiger partial charge in [0.1, 0.15) is 5.82 Å². The predicted molar refractivity (Wildman–Crippen MR) is 66.0 cm³/mol. The number of anilines is 1. The largest absolute Gasteiger partial charge is 0.490 e. The van der Waals surface area contributed by atoms with Crippen LogP contribution in [-0.4, -0.2) is 6.61 Å². The summed E-state index contributed by atoms with van der Waals surface area (Å²) in [6, 6.07) is 2.66. The first kappa shape index (κ1) is 11.7. The quantitative estimate of drug-likeness (QED) is 0.860. The average molecular weight is 288 g/mol. The summed E-state index contributed by atoms with van der Waals surface area (Å²) in [5, 5.41) is 0. The normalized spacial score (nSPS) is 16.6. The molecule has 1 aromatic carbocycles. The molecule has 0 bridgehead atoms. The molecule has 1 aliphatic carbocycles. The van der Waals surface area contributed by atoms with Crippen molar-refractivity contribution in [3.05, 3.63) is 22.4 Å².